The summed E-state index contributed by atoms with van der Waals surface area (Å²) in [4.78, 5) is 30.7. The molecule has 2 aromatic carbocycles. The molecule has 140 valence electrons. The number of aryl methyl sites for hydroxylation is 2. The summed E-state index contributed by atoms with van der Waals surface area (Å²) in [7, 11) is 1.64. The highest BCUT2D eigenvalue weighted by molar-refractivity contribution is 8.15. The Labute approximate surface area is 161 Å². The number of para-hydroxylation sites is 1. The molecule has 2 aromatic rings. The molecule has 0 bridgehead atoms. The van der Waals surface area contributed by atoms with Crippen molar-refractivity contribution < 1.29 is 14.0 Å². The van der Waals surface area contributed by atoms with Crippen molar-refractivity contribution in [3.8, 4) is 0 Å². The molecule has 1 aliphatic heterocycles. The van der Waals surface area contributed by atoms with Crippen molar-refractivity contribution >= 4 is 40.1 Å². The molecule has 1 fully saturated rings. The van der Waals surface area contributed by atoms with Crippen molar-refractivity contribution in [2.45, 2.75) is 25.5 Å². The van der Waals surface area contributed by atoms with Crippen LogP contribution in [0, 0.1) is 19.7 Å². The number of benzene rings is 2. The molecule has 0 aliphatic carbocycles. The number of nitrogens with one attached hydrogen (secondary N) is 1. The van der Waals surface area contributed by atoms with Gasteiger partial charge in [-0.15, -0.1) is 0 Å². The second-order valence-corrected chi connectivity index (χ2v) is 7.57. The Hall–Kier alpha value is -2.67. The van der Waals surface area contributed by atoms with Gasteiger partial charge < -0.3 is 5.32 Å². The highest BCUT2D eigenvalue weighted by atomic mass is 32.2. The zero-order valence-electron chi connectivity index (χ0n) is 15.3. The molecule has 27 heavy (non-hydrogen) atoms. The van der Waals surface area contributed by atoms with Gasteiger partial charge in [0.2, 0.25) is 11.8 Å². The number of hydrogen-bond donors (Lipinski definition) is 1. The third-order valence-electron chi connectivity index (χ3n) is 4.37. The van der Waals surface area contributed by atoms with E-state index in [-0.39, 0.29) is 18.0 Å². The molecule has 0 saturated carbocycles. The first-order chi connectivity index (χ1) is 12.8. The molecule has 3 rings (SSSR count). The Morgan fingerprint density at radius 2 is 1.96 bits per heavy atom. The summed E-state index contributed by atoms with van der Waals surface area (Å²) in [6.45, 7) is 4.03. The standard InChI is InChI=1S/C20H20FN3O2S/c1-12-8-9-14(10-13(12)2)22-20-24(3)19(26)17(27-20)11-18(25)23-16-7-5-4-6-15(16)21/h4-10,17H,11H2,1-3H3,(H,23,25)/t17-/m0/s1. The SMILES string of the molecule is Cc1ccc(N=C2S[C@@H](CC(=O)Nc3ccccc3F)C(=O)N2C)cc1C. The minimum Gasteiger partial charge on any atom is -0.324 e. The highest BCUT2D eigenvalue weighted by Gasteiger charge is 2.37. The monoisotopic (exact) mass is 385 g/mol. The lowest BCUT2D eigenvalue weighted by Gasteiger charge is -2.10. The summed E-state index contributed by atoms with van der Waals surface area (Å²) in [6, 6.07) is 11.8. The number of hydrogen-bond acceptors (Lipinski definition) is 4. The molecule has 1 aliphatic rings. The van der Waals surface area contributed by atoms with Gasteiger partial charge in [-0.1, -0.05) is 30.0 Å². The van der Waals surface area contributed by atoms with Gasteiger partial charge >= 0.3 is 0 Å². The molecular formula is C20H20FN3O2S. The van der Waals surface area contributed by atoms with E-state index in [1.54, 1.807) is 19.2 Å². The van der Waals surface area contributed by atoms with E-state index in [0.717, 1.165) is 11.3 Å². The molecule has 1 atom stereocenters. The van der Waals surface area contributed by atoms with Crippen LogP contribution in [0.15, 0.2) is 47.5 Å². The van der Waals surface area contributed by atoms with Crippen LogP contribution >= 0.6 is 11.8 Å². The first-order valence-electron chi connectivity index (χ1n) is 8.49. The van der Waals surface area contributed by atoms with Crippen LogP contribution < -0.4 is 5.32 Å². The summed E-state index contributed by atoms with van der Waals surface area (Å²) in [5, 5.41) is 2.48. The third kappa shape index (κ3) is 4.36. The van der Waals surface area contributed by atoms with Crippen LogP contribution in [0.5, 0.6) is 0 Å². The topological polar surface area (TPSA) is 61.8 Å². The van der Waals surface area contributed by atoms with Crippen molar-refractivity contribution in [2.75, 3.05) is 12.4 Å². The molecule has 0 spiro atoms. The van der Waals surface area contributed by atoms with E-state index >= 15 is 0 Å². The van der Waals surface area contributed by atoms with Crippen LogP contribution in [0.4, 0.5) is 15.8 Å². The molecule has 5 nitrogen and oxygen atoms in total. The molecule has 1 N–H and O–H groups in total. The molecule has 1 saturated heterocycles. The quantitative estimate of drug-likeness (QED) is 0.864. The minimum atomic E-state index is -0.577. The van der Waals surface area contributed by atoms with E-state index < -0.39 is 17.0 Å². The fourth-order valence-corrected chi connectivity index (χ4v) is 3.79. The number of carbonyl (C=O) groups excluding carboxylic acids is 2. The van der Waals surface area contributed by atoms with E-state index in [1.807, 2.05) is 32.0 Å². The smallest absolute Gasteiger partial charge is 0.242 e. The van der Waals surface area contributed by atoms with E-state index in [1.165, 1.54) is 34.4 Å². The number of nitrogens with zero attached hydrogens (tertiary/aromatic N) is 2. The third-order valence-corrected chi connectivity index (χ3v) is 5.60. The molecule has 0 aromatic heterocycles. The van der Waals surface area contributed by atoms with E-state index in [4.69, 9.17) is 0 Å². The van der Waals surface area contributed by atoms with E-state index in [9.17, 15) is 14.0 Å². The van der Waals surface area contributed by atoms with Crippen molar-refractivity contribution in [1.82, 2.24) is 4.90 Å². The van der Waals surface area contributed by atoms with Gasteiger partial charge in [-0.2, -0.15) is 0 Å². The number of halogens is 1. The Kier molecular flexibility index (Phi) is 5.60. The zero-order valence-corrected chi connectivity index (χ0v) is 16.1. The molecule has 1 heterocycles. The van der Waals surface area contributed by atoms with Crippen molar-refractivity contribution in [3.05, 3.63) is 59.4 Å². The lowest BCUT2D eigenvalue weighted by atomic mass is 10.1. The van der Waals surface area contributed by atoms with Gasteiger partial charge in [-0.05, 0) is 49.2 Å². The molecular weight excluding hydrogens is 365 g/mol. The number of anilines is 1. The van der Waals surface area contributed by atoms with Gasteiger partial charge in [-0.25, -0.2) is 9.38 Å². The molecule has 7 heteroatoms. The van der Waals surface area contributed by atoms with Gasteiger partial charge in [-0.3, -0.25) is 14.5 Å². The predicted molar refractivity (Wildman–Crippen MR) is 107 cm³/mol. The maximum atomic E-state index is 13.7. The Bertz CT molecular complexity index is 929. The van der Waals surface area contributed by atoms with Gasteiger partial charge in [0.05, 0.1) is 11.4 Å². The average molecular weight is 385 g/mol. The van der Waals surface area contributed by atoms with Gasteiger partial charge in [0, 0.05) is 13.5 Å². The van der Waals surface area contributed by atoms with Gasteiger partial charge in [0.1, 0.15) is 11.1 Å². The van der Waals surface area contributed by atoms with Gasteiger partial charge in [0.15, 0.2) is 5.17 Å². The number of rotatable bonds is 4. The summed E-state index contributed by atoms with van der Waals surface area (Å²) >= 11 is 1.25. The summed E-state index contributed by atoms with van der Waals surface area (Å²) in [5.74, 6) is -1.11. The Balaban J connectivity index is 1.70. The van der Waals surface area contributed by atoms with Crippen LogP contribution in [0.3, 0.4) is 0 Å². The van der Waals surface area contributed by atoms with Crippen LogP contribution in [0.1, 0.15) is 17.5 Å². The lowest BCUT2D eigenvalue weighted by molar-refractivity contribution is -0.127. The Morgan fingerprint density at radius 1 is 1.22 bits per heavy atom. The molecule has 0 unspecified atom stereocenters. The number of aliphatic imine (C=N–C) groups is 1. The number of amidine groups is 1. The van der Waals surface area contributed by atoms with E-state index in [0.29, 0.717) is 5.17 Å². The van der Waals surface area contributed by atoms with Crippen LogP contribution in [-0.2, 0) is 9.59 Å². The predicted octanol–water partition coefficient (Wildman–Crippen LogP) is 4.03. The van der Waals surface area contributed by atoms with Crippen molar-refractivity contribution in [1.29, 1.82) is 0 Å². The van der Waals surface area contributed by atoms with Crippen LogP contribution in [-0.4, -0.2) is 34.2 Å². The fourth-order valence-electron chi connectivity index (χ4n) is 2.64. The van der Waals surface area contributed by atoms with Gasteiger partial charge in [0.25, 0.3) is 0 Å². The summed E-state index contributed by atoms with van der Waals surface area (Å²) in [6.07, 6.45) is -0.0475. The van der Waals surface area contributed by atoms with Crippen molar-refractivity contribution in [2.24, 2.45) is 4.99 Å². The maximum Gasteiger partial charge on any atom is 0.242 e. The first kappa shape index (κ1) is 19.1. The zero-order chi connectivity index (χ0) is 19.6. The van der Waals surface area contributed by atoms with Crippen LogP contribution in [0.25, 0.3) is 0 Å². The first-order valence-corrected chi connectivity index (χ1v) is 9.37. The number of amides is 2. The highest BCUT2D eigenvalue weighted by Crippen LogP contribution is 2.31. The van der Waals surface area contributed by atoms with Crippen LogP contribution in [0.2, 0.25) is 0 Å². The average Bonchev–Trinajstić information content (AvgIpc) is 2.88. The number of carbonyl (C=O) groups is 2. The number of thioether (sulfide) groups is 1. The second kappa shape index (κ2) is 7.92. The normalized spacial score (nSPS) is 18.2. The summed E-state index contributed by atoms with van der Waals surface area (Å²) < 4.78 is 13.7. The summed E-state index contributed by atoms with van der Waals surface area (Å²) in [5.41, 5.74) is 3.16. The second-order valence-electron chi connectivity index (χ2n) is 6.40. The van der Waals surface area contributed by atoms with E-state index in [2.05, 4.69) is 10.3 Å². The Morgan fingerprint density at radius 3 is 2.67 bits per heavy atom. The molecule has 0 radical (unpaired) electrons. The molecule has 2 amide bonds. The largest absolute Gasteiger partial charge is 0.324 e. The van der Waals surface area contributed by atoms with Crippen molar-refractivity contribution in [3.63, 3.8) is 0 Å². The minimum absolute atomic E-state index is 0.0475. The fraction of sp³-hybridized carbons (Fsp3) is 0.250. The maximum absolute atomic E-state index is 13.7. The lowest BCUT2D eigenvalue weighted by Crippen LogP contribution is -2.30.